The lowest BCUT2D eigenvalue weighted by Crippen LogP contribution is -2.29. The zero-order chi connectivity index (χ0) is 13.7. The van der Waals surface area contributed by atoms with Gasteiger partial charge in [0.25, 0.3) is 0 Å². The number of nitrogens with zero attached hydrogens (tertiary/aromatic N) is 3. The molecule has 1 N–H and O–H groups in total. The monoisotopic (exact) mass is 281 g/mol. The van der Waals surface area contributed by atoms with Crippen LogP contribution in [0.15, 0.2) is 12.5 Å². The second-order valence-electron chi connectivity index (χ2n) is 4.27. The third-order valence-corrected chi connectivity index (χ3v) is 3.88. The van der Waals surface area contributed by atoms with E-state index in [9.17, 15) is 9.59 Å². The lowest BCUT2D eigenvalue weighted by atomic mass is 10.2. The average Bonchev–Trinajstić information content (AvgIpc) is 2.93. The number of hydrogen-bond donors (Lipinski definition) is 1. The van der Waals surface area contributed by atoms with Gasteiger partial charge in [0.05, 0.1) is 11.4 Å². The van der Waals surface area contributed by atoms with E-state index in [2.05, 4.69) is 9.97 Å². The van der Waals surface area contributed by atoms with Crippen LogP contribution in [0.5, 0.6) is 0 Å². The Morgan fingerprint density at radius 1 is 1.37 bits per heavy atom. The molecule has 6 nitrogen and oxygen atoms in total. The minimum Gasteiger partial charge on any atom is -0.478 e. The van der Waals surface area contributed by atoms with Crippen LogP contribution in [0.3, 0.4) is 0 Å². The molecule has 19 heavy (non-hydrogen) atoms. The number of carboxylic acids is 1. The Balaban J connectivity index is 1.85. The Labute approximate surface area is 115 Å². The van der Waals surface area contributed by atoms with Crippen LogP contribution in [0.2, 0.25) is 0 Å². The number of carbonyl (C=O) groups is 2. The topological polar surface area (TPSA) is 83.4 Å². The molecule has 1 fully saturated rings. The summed E-state index contributed by atoms with van der Waals surface area (Å²) in [6, 6.07) is 0. The fourth-order valence-electron chi connectivity index (χ4n) is 1.94. The van der Waals surface area contributed by atoms with Crippen molar-refractivity contribution in [2.45, 2.75) is 18.6 Å². The summed E-state index contributed by atoms with van der Waals surface area (Å²) in [5, 5.41) is 8.98. The van der Waals surface area contributed by atoms with Crippen molar-refractivity contribution in [3.63, 3.8) is 0 Å². The SMILES string of the molecule is O=C(O)c1cncnc1CSCC(=O)N1CCCC1. The summed E-state index contributed by atoms with van der Waals surface area (Å²) in [5.41, 5.74) is 0.561. The molecule has 1 aromatic rings. The van der Waals surface area contributed by atoms with Gasteiger partial charge in [-0.2, -0.15) is 0 Å². The molecule has 102 valence electrons. The molecule has 1 aliphatic rings. The predicted octanol–water partition coefficient (Wildman–Crippen LogP) is 1.03. The van der Waals surface area contributed by atoms with E-state index >= 15 is 0 Å². The van der Waals surface area contributed by atoms with Gasteiger partial charge in [0.2, 0.25) is 5.91 Å². The summed E-state index contributed by atoms with van der Waals surface area (Å²) < 4.78 is 0. The molecule has 0 radical (unpaired) electrons. The molecule has 1 amide bonds. The molecular formula is C12H15N3O3S. The van der Waals surface area contributed by atoms with Crippen molar-refractivity contribution in [2.24, 2.45) is 0 Å². The van der Waals surface area contributed by atoms with Crippen molar-refractivity contribution in [3.8, 4) is 0 Å². The molecule has 1 saturated heterocycles. The van der Waals surface area contributed by atoms with E-state index in [0.29, 0.717) is 17.2 Å². The first-order chi connectivity index (χ1) is 9.18. The highest BCUT2D eigenvalue weighted by Crippen LogP contribution is 2.16. The number of carboxylic acid groups (broad SMARTS) is 1. The van der Waals surface area contributed by atoms with Crippen LogP contribution in [0.1, 0.15) is 28.9 Å². The summed E-state index contributed by atoms with van der Waals surface area (Å²) in [4.78, 5) is 32.3. The Kier molecular flexibility index (Phi) is 4.73. The highest BCUT2D eigenvalue weighted by molar-refractivity contribution is 7.99. The van der Waals surface area contributed by atoms with Crippen molar-refractivity contribution in [3.05, 3.63) is 23.8 Å². The lowest BCUT2D eigenvalue weighted by Gasteiger charge is -2.14. The fraction of sp³-hybridized carbons (Fsp3) is 0.500. The lowest BCUT2D eigenvalue weighted by molar-refractivity contribution is -0.127. The average molecular weight is 281 g/mol. The molecular weight excluding hydrogens is 266 g/mol. The molecule has 2 rings (SSSR count). The second-order valence-corrected chi connectivity index (χ2v) is 5.25. The number of rotatable bonds is 5. The van der Waals surface area contributed by atoms with E-state index in [1.807, 2.05) is 4.90 Å². The van der Waals surface area contributed by atoms with Gasteiger partial charge in [-0.25, -0.2) is 14.8 Å². The standard InChI is InChI=1S/C12H15N3O3S/c16-11(15-3-1-2-4-15)7-19-6-10-9(12(17)18)5-13-8-14-10/h5,8H,1-4,6-7H2,(H,17,18). The first-order valence-corrected chi connectivity index (χ1v) is 7.21. The Morgan fingerprint density at radius 3 is 2.79 bits per heavy atom. The molecule has 0 atom stereocenters. The fourth-order valence-corrected chi connectivity index (χ4v) is 2.82. The van der Waals surface area contributed by atoms with Crippen LogP contribution < -0.4 is 0 Å². The van der Waals surface area contributed by atoms with Crippen molar-refractivity contribution < 1.29 is 14.7 Å². The first-order valence-electron chi connectivity index (χ1n) is 6.06. The summed E-state index contributed by atoms with van der Waals surface area (Å²) in [6.45, 7) is 1.68. The van der Waals surface area contributed by atoms with Crippen LogP contribution in [0.4, 0.5) is 0 Å². The number of aromatic nitrogens is 2. The van der Waals surface area contributed by atoms with Gasteiger partial charge >= 0.3 is 5.97 Å². The van der Waals surface area contributed by atoms with Crippen molar-refractivity contribution in [1.29, 1.82) is 0 Å². The zero-order valence-corrected chi connectivity index (χ0v) is 11.2. The largest absolute Gasteiger partial charge is 0.478 e. The van der Waals surface area contributed by atoms with Gasteiger partial charge in [0, 0.05) is 25.0 Å². The normalized spacial score (nSPS) is 14.6. The number of aromatic carboxylic acids is 1. The highest BCUT2D eigenvalue weighted by Gasteiger charge is 2.18. The number of amides is 1. The molecule has 0 unspecified atom stereocenters. The quantitative estimate of drug-likeness (QED) is 0.868. The van der Waals surface area contributed by atoms with E-state index in [-0.39, 0.29) is 11.5 Å². The Hall–Kier alpha value is -1.63. The number of thioether (sulfide) groups is 1. The van der Waals surface area contributed by atoms with Crippen molar-refractivity contribution in [2.75, 3.05) is 18.8 Å². The van der Waals surface area contributed by atoms with E-state index < -0.39 is 5.97 Å². The summed E-state index contributed by atoms with van der Waals surface area (Å²) in [7, 11) is 0. The molecule has 2 heterocycles. The molecule has 0 spiro atoms. The first kappa shape index (κ1) is 13.8. The molecule has 1 aromatic heterocycles. The predicted molar refractivity (Wildman–Crippen MR) is 71.0 cm³/mol. The molecule has 0 bridgehead atoms. The molecule has 1 aliphatic heterocycles. The second kappa shape index (κ2) is 6.51. The molecule has 7 heteroatoms. The van der Waals surface area contributed by atoms with Crippen molar-refractivity contribution >= 4 is 23.6 Å². The third kappa shape index (κ3) is 3.66. The van der Waals surface area contributed by atoms with Gasteiger partial charge in [0.1, 0.15) is 11.9 Å². The summed E-state index contributed by atoms with van der Waals surface area (Å²) in [5.74, 6) is -0.150. The Morgan fingerprint density at radius 2 is 2.11 bits per heavy atom. The van der Waals surface area contributed by atoms with Crippen LogP contribution in [-0.4, -0.2) is 50.7 Å². The van der Waals surface area contributed by atoms with Gasteiger partial charge in [-0.3, -0.25) is 4.79 Å². The minimum absolute atomic E-state index is 0.101. The van der Waals surface area contributed by atoms with Crippen molar-refractivity contribution in [1.82, 2.24) is 14.9 Å². The molecule has 0 aromatic carbocycles. The maximum absolute atomic E-state index is 11.8. The van der Waals surface area contributed by atoms with Gasteiger partial charge < -0.3 is 10.0 Å². The number of likely N-dealkylation sites (tertiary alicyclic amines) is 1. The van der Waals surface area contributed by atoms with Crippen LogP contribution in [-0.2, 0) is 10.5 Å². The van der Waals surface area contributed by atoms with E-state index in [1.54, 1.807) is 0 Å². The zero-order valence-electron chi connectivity index (χ0n) is 10.4. The number of hydrogen-bond acceptors (Lipinski definition) is 5. The van der Waals surface area contributed by atoms with Gasteiger partial charge in [0.15, 0.2) is 0 Å². The Bertz CT molecular complexity index is 475. The third-order valence-electron chi connectivity index (χ3n) is 2.95. The van der Waals surface area contributed by atoms with E-state index in [0.717, 1.165) is 25.9 Å². The van der Waals surface area contributed by atoms with Gasteiger partial charge in [-0.1, -0.05) is 0 Å². The maximum Gasteiger partial charge on any atom is 0.339 e. The highest BCUT2D eigenvalue weighted by atomic mass is 32.2. The minimum atomic E-state index is -1.04. The van der Waals surface area contributed by atoms with E-state index in [1.165, 1.54) is 24.3 Å². The number of carbonyl (C=O) groups excluding carboxylic acids is 1. The van der Waals surface area contributed by atoms with Gasteiger partial charge in [-0.15, -0.1) is 11.8 Å². The van der Waals surface area contributed by atoms with Crippen LogP contribution in [0, 0.1) is 0 Å². The summed E-state index contributed by atoms with van der Waals surface area (Å²) >= 11 is 1.39. The maximum atomic E-state index is 11.8. The van der Waals surface area contributed by atoms with E-state index in [4.69, 9.17) is 5.11 Å². The summed E-state index contributed by atoms with van der Waals surface area (Å²) in [6.07, 6.45) is 4.76. The smallest absolute Gasteiger partial charge is 0.339 e. The van der Waals surface area contributed by atoms with Gasteiger partial charge in [-0.05, 0) is 12.8 Å². The van der Waals surface area contributed by atoms with Crippen LogP contribution >= 0.6 is 11.8 Å². The molecule has 0 saturated carbocycles. The van der Waals surface area contributed by atoms with Crippen LogP contribution in [0.25, 0.3) is 0 Å². The molecule has 0 aliphatic carbocycles.